The van der Waals surface area contributed by atoms with Gasteiger partial charge in [0, 0.05) is 18.7 Å². The number of carbonyl (C=O) groups excluding carboxylic acids is 1. The van der Waals surface area contributed by atoms with Gasteiger partial charge in [-0.25, -0.2) is 0 Å². The highest BCUT2D eigenvalue weighted by Gasteiger charge is 2.24. The molecule has 1 aromatic carbocycles. The number of hydrogen-bond donors (Lipinski definition) is 1. The van der Waals surface area contributed by atoms with E-state index in [2.05, 4.69) is 24.8 Å². The molecular weight excluding hydrogens is 236 g/mol. The quantitative estimate of drug-likeness (QED) is 0.904. The van der Waals surface area contributed by atoms with Gasteiger partial charge in [0.05, 0.1) is 0 Å². The molecule has 1 saturated heterocycles. The monoisotopic (exact) mass is 260 g/mol. The maximum absolute atomic E-state index is 11.5. The molecule has 3 nitrogen and oxygen atoms in total. The first-order valence-corrected chi connectivity index (χ1v) is 7.19. The second-order valence-electron chi connectivity index (χ2n) is 5.94. The van der Waals surface area contributed by atoms with Gasteiger partial charge in [-0.1, -0.05) is 32.0 Å². The van der Waals surface area contributed by atoms with Gasteiger partial charge >= 0.3 is 0 Å². The van der Waals surface area contributed by atoms with Gasteiger partial charge in [-0.05, 0) is 42.9 Å². The third kappa shape index (κ3) is 3.57. The lowest BCUT2D eigenvalue weighted by Gasteiger charge is -2.34. The Hall–Kier alpha value is -1.35. The number of nitrogens with two attached hydrogens (primary N) is 1. The van der Waals surface area contributed by atoms with Crippen LogP contribution in [0.5, 0.6) is 0 Å². The first-order chi connectivity index (χ1) is 9.08. The smallest absolute Gasteiger partial charge is 0.248 e. The van der Waals surface area contributed by atoms with Crippen molar-refractivity contribution >= 4 is 5.91 Å². The predicted octanol–water partition coefficient (Wildman–Crippen LogP) is 2.62. The summed E-state index contributed by atoms with van der Waals surface area (Å²) in [5, 5.41) is 0. The van der Waals surface area contributed by atoms with E-state index in [1.807, 2.05) is 18.2 Å². The molecule has 19 heavy (non-hydrogen) atoms. The number of hydrogen-bond acceptors (Lipinski definition) is 2. The van der Waals surface area contributed by atoms with E-state index >= 15 is 0 Å². The van der Waals surface area contributed by atoms with Crippen LogP contribution >= 0.6 is 0 Å². The van der Waals surface area contributed by atoms with Gasteiger partial charge in [0.25, 0.3) is 0 Å². The number of likely N-dealkylation sites (tertiary alicyclic amines) is 1. The van der Waals surface area contributed by atoms with Gasteiger partial charge in [0.15, 0.2) is 0 Å². The molecule has 1 aliphatic heterocycles. The summed E-state index contributed by atoms with van der Waals surface area (Å²) < 4.78 is 0. The van der Waals surface area contributed by atoms with E-state index in [0.29, 0.717) is 17.4 Å². The predicted molar refractivity (Wildman–Crippen MR) is 78.2 cm³/mol. The molecule has 1 fully saturated rings. The number of piperidine rings is 1. The fourth-order valence-electron chi connectivity index (χ4n) is 3.07. The zero-order valence-electron chi connectivity index (χ0n) is 11.9. The molecule has 0 aromatic heterocycles. The van der Waals surface area contributed by atoms with Crippen LogP contribution in [0.3, 0.4) is 0 Å². The molecule has 2 rings (SSSR count). The van der Waals surface area contributed by atoms with Crippen molar-refractivity contribution in [2.75, 3.05) is 19.6 Å². The molecule has 0 spiro atoms. The van der Waals surface area contributed by atoms with Crippen molar-refractivity contribution in [3.8, 4) is 0 Å². The second-order valence-corrected chi connectivity index (χ2v) is 5.94. The zero-order chi connectivity index (χ0) is 13.8. The van der Waals surface area contributed by atoms with Crippen LogP contribution < -0.4 is 5.73 Å². The number of benzene rings is 1. The number of carbonyl (C=O) groups is 1. The fraction of sp³-hybridized carbons (Fsp3) is 0.562. The summed E-state index contributed by atoms with van der Waals surface area (Å²) >= 11 is 0. The maximum atomic E-state index is 11.5. The molecule has 1 heterocycles. The van der Waals surface area contributed by atoms with Crippen LogP contribution in [0, 0.1) is 5.92 Å². The molecule has 0 radical (unpaired) electrons. The molecule has 0 aliphatic carbocycles. The van der Waals surface area contributed by atoms with Gasteiger partial charge in [0.2, 0.25) is 5.91 Å². The third-order valence-corrected chi connectivity index (χ3v) is 3.79. The first-order valence-electron chi connectivity index (χ1n) is 7.19. The van der Waals surface area contributed by atoms with E-state index in [4.69, 9.17) is 5.73 Å². The SMILES string of the molecule is CC(C)CN1CCCC(c2ccccc2C(N)=O)C1. The molecule has 2 N–H and O–H groups in total. The molecule has 1 aromatic rings. The highest BCUT2D eigenvalue weighted by molar-refractivity contribution is 5.94. The van der Waals surface area contributed by atoms with E-state index in [1.54, 1.807) is 0 Å². The number of amides is 1. The van der Waals surface area contributed by atoms with Crippen LogP contribution in [-0.2, 0) is 0 Å². The summed E-state index contributed by atoms with van der Waals surface area (Å²) in [4.78, 5) is 14.0. The Morgan fingerprint density at radius 3 is 2.84 bits per heavy atom. The Labute approximate surface area is 115 Å². The van der Waals surface area contributed by atoms with Crippen molar-refractivity contribution in [2.24, 2.45) is 11.7 Å². The standard InChI is InChI=1S/C16H24N2O/c1-12(2)10-18-9-5-6-13(11-18)14-7-3-4-8-15(14)16(17)19/h3-4,7-8,12-13H,5-6,9-11H2,1-2H3,(H2,17,19). The van der Waals surface area contributed by atoms with Crippen LogP contribution in [0.4, 0.5) is 0 Å². The summed E-state index contributed by atoms with van der Waals surface area (Å²) in [7, 11) is 0. The van der Waals surface area contributed by atoms with Crippen molar-refractivity contribution in [1.29, 1.82) is 0 Å². The van der Waals surface area contributed by atoms with Crippen LogP contribution in [0.2, 0.25) is 0 Å². The van der Waals surface area contributed by atoms with E-state index in [9.17, 15) is 4.79 Å². The summed E-state index contributed by atoms with van der Waals surface area (Å²) in [5.74, 6) is 0.818. The van der Waals surface area contributed by atoms with Crippen LogP contribution in [0.15, 0.2) is 24.3 Å². The Bertz CT molecular complexity index is 442. The van der Waals surface area contributed by atoms with Crippen molar-refractivity contribution in [3.05, 3.63) is 35.4 Å². The summed E-state index contributed by atoms with van der Waals surface area (Å²) in [5.41, 5.74) is 7.31. The van der Waals surface area contributed by atoms with Crippen LogP contribution in [-0.4, -0.2) is 30.4 Å². The maximum Gasteiger partial charge on any atom is 0.248 e. The van der Waals surface area contributed by atoms with E-state index in [0.717, 1.165) is 25.1 Å². The topological polar surface area (TPSA) is 46.3 Å². The lowest BCUT2D eigenvalue weighted by molar-refractivity contribution is 0.0997. The average Bonchev–Trinajstić information content (AvgIpc) is 2.38. The van der Waals surface area contributed by atoms with Crippen LogP contribution in [0.25, 0.3) is 0 Å². The summed E-state index contributed by atoms with van der Waals surface area (Å²) in [6, 6.07) is 7.80. The number of nitrogens with zero attached hydrogens (tertiary/aromatic N) is 1. The van der Waals surface area contributed by atoms with Crippen molar-refractivity contribution < 1.29 is 4.79 Å². The van der Waals surface area contributed by atoms with E-state index < -0.39 is 0 Å². The molecule has 1 unspecified atom stereocenters. The molecule has 0 bridgehead atoms. The Balaban J connectivity index is 2.15. The molecule has 0 saturated carbocycles. The van der Waals surface area contributed by atoms with Gasteiger partial charge in [-0.2, -0.15) is 0 Å². The minimum Gasteiger partial charge on any atom is -0.366 e. The van der Waals surface area contributed by atoms with Crippen molar-refractivity contribution in [1.82, 2.24) is 4.90 Å². The minimum atomic E-state index is -0.309. The Morgan fingerprint density at radius 2 is 2.16 bits per heavy atom. The van der Waals surface area contributed by atoms with Crippen molar-refractivity contribution in [3.63, 3.8) is 0 Å². The summed E-state index contributed by atoms with van der Waals surface area (Å²) in [6.45, 7) is 7.85. The van der Waals surface area contributed by atoms with Crippen LogP contribution in [0.1, 0.15) is 48.5 Å². The molecule has 1 amide bonds. The van der Waals surface area contributed by atoms with E-state index in [1.165, 1.54) is 13.0 Å². The Morgan fingerprint density at radius 1 is 1.42 bits per heavy atom. The highest BCUT2D eigenvalue weighted by Crippen LogP contribution is 2.29. The lowest BCUT2D eigenvalue weighted by Crippen LogP contribution is -2.37. The number of primary amides is 1. The van der Waals surface area contributed by atoms with Crippen molar-refractivity contribution in [2.45, 2.75) is 32.6 Å². The molecule has 1 aliphatic rings. The normalized spacial score (nSPS) is 20.7. The molecule has 104 valence electrons. The number of rotatable bonds is 4. The highest BCUT2D eigenvalue weighted by atomic mass is 16.1. The first kappa shape index (κ1) is 14.1. The fourth-order valence-corrected chi connectivity index (χ4v) is 3.07. The van der Waals surface area contributed by atoms with Gasteiger partial charge in [-0.15, -0.1) is 0 Å². The largest absolute Gasteiger partial charge is 0.366 e. The lowest BCUT2D eigenvalue weighted by atomic mass is 9.87. The molecular formula is C16H24N2O. The second kappa shape index (κ2) is 6.20. The Kier molecular flexibility index (Phi) is 4.59. The minimum absolute atomic E-state index is 0.309. The summed E-state index contributed by atoms with van der Waals surface area (Å²) in [6.07, 6.45) is 2.35. The van der Waals surface area contributed by atoms with E-state index in [-0.39, 0.29) is 5.91 Å². The van der Waals surface area contributed by atoms with Gasteiger partial charge < -0.3 is 10.6 Å². The van der Waals surface area contributed by atoms with Gasteiger partial charge in [0.1, 0.15) is 0 Å². The molecule has 1 atom stereocenters. The van der Waals surface area contributed by atoms with Gasteiger partial charge in [-0.3, -0.25) is 4.79 Å². The average molecular weight is 260 g/mol. The zero-order valence-corrected chi connectivity index (χ0v) is 11.9. The third-order valence-electron chi connectivity index (χ3n) is 3.79. The molecule has 3 heteroatoms.